The molecule has 0 amide bonds. The monoisotopic (exact) mass is 301 g/mol. The summed E-state index contributed by atoms with van der Waals surface area (Å²) in [5, 5.41) is 0. The Morgan fingerprint density at radius 2 is 1.76 bits per heavy atom. The summed E-state index contributed by atoms with van der Waals surface area (Å²) >= 11 is 0. The number of nitrogens with zero attached hydrogens (tertiary/aromatic N) is 1. The van der Waals surface area contributed by atoms with Crippen molar-refractivity contribution in [1.29, 1.82) is 0 Å². The predicted molar refractivity (Wildman–Crippen MR) is 80.1 cm³/mol. The molecular formula is C17H19NO2S. The highest BCUT2D eigenvalue weighted by Gasteiger charge is 2.69. The van der Waals surface area contributed by atoms with Crippen LogP contribution < -0.4 is 0 Å². The third-order valence-corrected chi connectivity index (χ3v) is 8.06. The molecular weight excluding hydrogens is 282 g/mol. The van der Waals surface area contributed by atoms with Crippen LogP contribution in [0.1, 0.15) is 18.4 Å². The summed E-state index contributed by atoms with van der Waals surface area (Å²) in [6.45, 7) is 1.98. The lowest BCUT2D eigenvalue weighted by atomic mass is 9.85. The van der Waals surface area contributed by atoms with Crippen molar-refractivity contribution in [1.82, 2.24) is 4.31 Å². The molecule has 7 atom stereocenters. The summed E-state index contributed by atoms with van der Waals surface area (Å²) in [6.07, 6.45) is 7.04. The van der Waals surface area contributed by atoms with Crippen molar-refractivity contribution in [3.8, 4) is 0 Å². The fraction of sp³-hybridized carbons (Fsp3) is 0.529. The zero-order valence-corrected chi connectivity index (χ0v) is 12.8. The number of piperidine rings is 1. The Bertz CT molecular complexity index is 737. The van der Waals surface area contributed by atoms with Gasteiger partial charge in [0, 0.05) is 12.1 Å². The van der Waals surface area contributed by atoms with E-state index in [-0.39, 0.29) is 12.1 Å². The Balaban J connectivity index is 1.46. The summed E-state index contributed by atoms with van der Waals surface area (Å²) in [6, 6.07) is 7.82. The van der Waals surface area contributed by atoms with E-state index in [1.165, 1.54) is 6.42 Å². The molecule has 0 aromatic heterocycles. The van der Waals surface area contributed by atoms with Gasteiger partial charge in [-0.25, -0.2) is 8.42 Å². The Kier molecular flexibility index (Phi) is 2.24. The Hall–Kier alpha value is -1.13. The van der Waals surface area contributed by atoms with Gasteiger partial charge in [-0.15, -0.1) is 0 Å². The summed E-state index contributed by atoms with van der Waals surface area (Å²) in [4.78, 5) is 0.456. The number of hydrogen-bond donors (Lipinski definition) is 0. The third kappa shape index (κ3) is 1.50. The third-order valence-electron chi connectivity index (χ3n) is 6.12. The molecule has 3 fully saturated rings. The lowest BCUT2D eigenvalue weighted by Crippen LogP contribution is -2.28. The van der Waals surface area contributed by atoms with E-state index in [4.69, 9.17) is 0 Å². The number of aryl methyl sites for hydroxylation is 1. The van der Waals surface area contributed by atoms with E-state index in [0.717, 1.165) is 23.8 Å². The molecule has 4 heteroatoms. The van der Waals surface area contributed by atoms with Crippen LogP contribution in [-0.2, 0) is 10.0 Å². The molecule has 5 rings (SSSR count). The van der Waals surface area contributed by atoms with E-state index in [9.17, 15) is 8.42 Å². The fourth-order valence-electron chi connectivity index (χ4n) is 5.20. The van der Waals surface area contributed by atoms with Gasteiger partial charge in [0.15, 0.2) is 0 Å². The van der Waals surface area contributed by atoms with Crippen molar-refractivity contribution in [3.63, 3.8) is 0 Å². The molecule has 1 heterocycles. The zero-order chi connectivity index (χ0) is 14.4. The Morgan fingerprint density at radius 1 is 1.05 bits per heavy atom. The number of rotatable bonds is 2. The summed E-state index contributed by atoms with van der Waals surface area (Å²) < 4.78 is 27.4. The maximum atomic E-state index is 12.8. The molecule has 3 nitrogen and oxygen atoms in total. The number of fused-ring (bicyclic) bond motifs is 7. The van der Waals surface area contributed by atoms with Crippen molar-refractivity contribution >= 4 is 10.0 Å². The first-order chi connectivity index (χ1) is 10.1. The van der Waals surface area contributed by atoms with E-state index in [1.807, 2.05) is 19.1 Å². The average Bonchev–Trinajstić information content (AvgIpc) is 2.85. The van der Waals surface area contributed by atoms with Crippen molar-refractivity contribution in [2.24, 2.45) is 23.7 Å². The zero-order valence-electron chi connectivity index (χ0n) is 12.0. The summed E-state index contributed by atoms with van der Waals surface area (Å²) in [5.74, 6) is 2.70. The van der Waals surface area contributed by atoms with Gasteiger partial charge in [-0.2, -0.15) is 4.31 Å². The van der Waals surface area contributed by atoms with E-state index < -0.39 is 10.0 Å². The van der Waals surface area contributed by atoms with E-state index >= 15 is 0 Å². The summed E-state index contributed by atoms with van der Waals surface area (Å²) in [5.41, 5.74) is 1.10. The lowest BCUT2D eigenvalue weighted by molar-refractivity contribution is 0.296. The molecule has 1 aromatic rings. The van der Waals surface area contributed by atoms with Gasteiger partial charge in [0.25, 0.3) is 0 Å². The van der Waals surface area contributed by atoms with Gasteiger partial charge < -0.3 is 0 Å². The maximum Gasteiger partial charge on any atom is 0.243 e. The quantitative estimate of drug-likeness (QED) is 0.622. The molecule has 110 valence electrons. The van der Waals surface area contributed by atoms with Gasteiger partial charge >= 0.3 is 0 Å². The average molecular weight is 301 g/mol. The van der Waals surface area contributed by atoms with Crippen molar-refractivity contribution in [3.05, 3.63) is 42.0 Å². The highest BCUT2D eigenvalue weighted by Crippen LogP contribution is 2.64. The highest BCUT2D eigenvalue weighted by atomic mass is 32.2. The van der Waals surface area contributed by atoms with Gasteiger partial charge in [-0.05, 0) is 55.6 Å². The molecule has 21 heavy (non-hydrogen) atoms. The van der Waals surface area contributed by atoms with E-state index in [0.29, 0.717) is 16.7 Å². The molecule has 3 aliphatic carbocycles. The van der Waals surface area contributed by atoms with Gasteiger partial charge in [-0.1, -0.05) is 29.8 Å². The molecule has 1 saturated heterocycles. The standard InChI is InChI=1S/C17H19NO2S/c1-10-2-6-13(7-3-10)21(19,20)18-15-9-14-11-4-5-12(8-11)16(14)17(15)18/h2-7,11-12,14-17H,8-9H2,1H3/t11-,12+,14?,15+,16?,17+,18?/m1/s1. The van der Waals surface area contributed by atoms with Crippen LogP contribution in [0.25, 0.3) is 0 Å². The minimum absolute atomic E-state index is 0.275. The van der Waals surface area contributed by atoms with Gasteiger partial charge in [-0.3, -0.25) is 0 Å². The number of benzene rings is 1. The summed E-state index contributed by atoms with van der Waals surface area (Å²) in [7, 11) is -3.29. The van der Waals surface area contributed by atoms with E-state index in [2.05, 4.69) is 12.2 Å². The SMILES string of the molecule is Cc1ccc(S(=O)(=O)N2[C@@H]3C4C(C[C@@H]32)[C@@H]2C=C[C@H]4C2)cc1. The second kappa shape index (κ2) is 3.79. The van der Waals surface area contributed by atoms with Crippen LogP contribution in [0, 0.1) is 30.6 Å². The van der Waals surface area contributed by atoms with Crippen LogP contribution >= 0.6 is 0 Å². The molecule has 3 unspecified atom stereocenters. The first-order valence-electron chi connectivity index (χ1n) is 7.86. The second-order valence-electron chi connectivity index (χ2n) is 7.13. The van der Waals surface area contributed by atoms with Crippen molar-refractivity contribution < 1.29 is 8.42 Å². The Morgan fingerprint density at radius 3 is 2.52 bits per heavy atom. The normalized spacial score (nSPS) is 45.7. The second-order valence-corrected chi connectivity index (χ2v) is 8.97. The van der Waals surface area contributed by atoms with Gasteiger partial charge in [0.05, 0.1) is 4.90 Å². The molecule has 2 saturated carbocycles. The van der Waals surface area contributed by atoms with Gasteiger partial charge in [0.2, 0.25) is 10.0 Å². The van der Waals surface area contributed by atoms with Crippen LogP contribution in [0.5, 0.6) is 0 Å². The number of allylic oxidation sites excluding steroid dienone is 2. The van der Waals surface area contributed by atoms with Crippen LogP contribution in [0.4, 0.5) is 0 Å². The Labute approximate surface area is 125 Å². The minimum Gasteiger partial charge on any atom is -0.207 e. The van der Waals surface area contributed by atoms with Crippen molar-refractivity contribution in [2.45, 2.75) is 36.7 Å². The molecule has 0 N–H and O–H groups in total. The number of sulfonamides is 1. The first-order valence-corrected chi connectivity index (χ1v) is 9.30. The van der Waals surface area contributed by atoms with Crippen LogP contribution in [0.3, 0.4) is 0 Å². The van der Waals surface area contributed by atoms with Crippen LogP contribution in [0.15, 0.2) is 41.3 Å². The molecule has 1 aliphatic heterocycles. The molecule has 4 aliphatic rings. The predicted octanol–water partition coefficient (Wildman–Crippen LogP) is 2.58. The number of hydrogen-bond acceptors (Lipinski definition) is 2. The van der Waals surface area contributed by atoms with Crippen molar-refractivity contribution in [2.75, 3.05) is 0 Å². The van der Waals surface area contributed by atoms with E-state index in [1.54, 1.807) is 16.4 Å². The molecule has 0 spiro atoms. The minimum atomic E-state index is -3.29. The molecule has 0 radical (unpaired) electrons. The first kappa shape index (κ1) is 12.4. The van der Waals surface area contributed by atoms with Crippen LogP contribution in [-0.4, -0.2) is 24.8 Å². The maximum absolute atomic E-state index is 12.8. The lowest BCUT2D eigenvalue weighted by Gasteiger charge is -2.25. The smallest absolute Gasteiger partial charge is 0.207 e. The van der Waals surface area contributed by atoms with Crippen LogP contribution in [0.2, 0.25) is 0 Å². The molecule has 1 aromatic carbocycles. The fourth-order valence-corrected chi connectivity index (χ4v) is 7.03. The molecule has 2 bridgehead atoms. The topological polar surface area (TPSA) is 37.1 Å². The van der Waals surface area contributed by atoms with Gasteiger partial charge in [0.1, 0.15) is 0 Å². The highest BCUT2D eigenvalue weighted by molar-refractivity contribution is 7.89. The largest absolute Gasteiger partial charge is 0.243 e.